The van der Waals surface area contributed by atoms with E-state index in [9.17, 15) is 4.79 Å². The van der Waals surface area contributed by atoms with Crippen LogP contribution >= 0.6 is 11.8 Å². The average molecular weight is 277 g/mol. The Hall–Kier alpha value is -1.76. The molecule has 7 heteroatoms. The van der Waals surface area contributed by atoms with Crippen LogP contribution in [-0.4, -0.2) is 45.1 Å². The van der Waals surface area contributed by atoms with Gasteiger partial charge in [-0.05, 0) is 19.1 Å². The molecule has 1 aliphatic rings. The van der Waals surface area contributed by atoms with Crippen molar-refractivity contribution in [2.24, 2.45) is 0 Å². The summed E-state index contributed by atoms with van der Waals surface area (Å²) >= 11 is 1.44. The van der Waals surface area contributed by atoms with Crippen molar-refractivity contribution in [1.29, 1.82) is 0 Å². The highest BCUT2D eigenvalue weighted by Crippen LogP contribution is 2.26. The first kappa shape index (κ1) is 12.3. The molecule has 6 nitrogen and oxygen atoms in total. The van der Waals surface area contributed by atoms with Crippen molar-refractivity contribution in [3.63, 3.8) is 0 Å². The number of fused-ring (bicyclic) bond motifs is 1. The molecule has 0 spiro atoms. The van der Waals surface area contributed by atoms with E-state index in [1.54, 1.807) is 6.20 Å². The number of amides is 1. The minimum Gasteiger partial charge on any atom is -0.385 e. The number of carbonyl (C=O) groups is 1. The Morgan fingerprint density at radius 1 is 1.47 bits per heavy atom. The maximum absolute atomic E-state index is 12.5. The van der Waals surface area contributed by atoms with Gasteiger partial charge in [0.25, 0.3) is 5.91 Å². The molecule has 0 saturated carbocycles. The molecule has 1 aliphatic heterocycles. The van der Waals surface area contributed by atoms with Crippen LogP contribution < -0.4 is 5.73 Å². The Labute approximate surface area is 114 Å². The zero-order valence-electron chi connectivity index (χ0n) is 10.6. The number of hydrogen-bond acceptors (Lipinski definition) is 5. The van der Waals surface area contributed by atoms with Crippen molar-refractivity contribution in [3.8, 4) is 0 Å². The molecule has 0 atom stereocenters. The molecule has 2 aromatic rings. The molecular weight excluding hydrogens is 262 g/mol. The second-order valence-corrected chi connectivity index (χ2v) is 5.31. The number of hydrogen-bond donors (Lipinski definition) is 2. The molecule has 0 bridgehead atoms. The van der Waals surface area contributed by atoms with E-state index in [0.29, 0.717) is 27.6 Å². The topological polar surface area (TPSA) is 87.9 Å². The highest BCUT2D eigenvalue weighted by atomic mass is 32.2. The highest BCUT2D eigenvalue weighted by molar-refractivity contribution is 7.98. The van der Waals surface area contributed by atoms with Crippen LogP contribution in [0.2, 0.25) is 0 Å². The van der Waals surface area contributed by atoms with Crippen molar-refractivity contribution in [2.45, 2.75) is 18.0 Å². The monoisotopic (exact) mass is 277 g/mol. The minimum absolute atomic E-state index is 0.0352. The fraction of sp³-hybridized carbons (Fsp3) is 0.417. The van der Waals surface area contributed by atoms with Crippen LogP contribution in [0.5, 0.6) is 0 Å². The van der Waals surface area contributed by atoms with Crippen molar-refractivity contribution >= 4 is 34.5 Å². The van der Waals surface area contributed by atoms with E-state index in [4.69, 9.17) is 5.73 Å². The Balaban J connectivity index is 2.10. The number of nitrogen functional groups attached to an aromatic ring is 1. The number of rotatable bonds is 2. The van der Waals surface area contributed by atoms with E-state index in [2.05, 4.69) is 15.0 Å². The predicted molar refractivity (Wildman–Crippen MR) is 75.2 cm³/mol. The molecule has 0 unspecified atom stereocenters. The van der Waals surface area contributed by atoms with Crippen LogP contribution in [0.25, 0.3) is 11.0 Å². The lowest BCUT2D eigenvalue weighted by Gasteiger charge is -2.14. The van der Waals surface area contributed by atoms with E-state index in [1.807, 2.05) is 11.2 Å². The van der Waals surface area contributed by atoms with Gasteiger partial charge in [-0.3, -0.25) is 4.79 Å². The summed E-state index contributed by atoms with van der Waals surface area (Å²) in [5.41, 5.74) is 7.74. The SMILES string of the molecule is CSc1ncc2[nH]c(N)c(C(=O)N3CCCC3)c2n1. The zero-order valence-corrected chi connectivity index (χ0v) is 11.5. The average Bonchev–Trinajstić information content (AvgIpc) is 3.03. The summed E-state index contributed by atoms with van der Waals surface area (Å²) in [4.78, 5) is 25.9. The van der Waals surface area contributed by atoms with Crippen molar-refractivity contribution in [1.82, 2.24) is 19.9 Å². The van der Waals surface area contributed by atoms with Gasteiger partial charge in [0, 0.05) is 13.1 Å². The summed E-state index contributed by atoms with van der Waals surface area (Å²) in [6.45, 7) is 1.59. The van der Waals surface area contributed by atoms with E-state index < -0.39 is 0 Å². The van der Waals surface area contributed by atoms with Crippen LogP contribution in [0, 0.1) is 0 Å². The van der Waals surface area contributed by atoms with E-state index >= 15 is 0 Å². The summed E-state index contributed by atoms with van der Waals surface area (Å²) in [6, 6.07) is 0. The third-order valence-electron chi connectivity index (χ3n) is 3.33. The second kappa shape index (κ2) is 4.73. The Morgan fingerprint density at radius 3 is 2.89 bits per heavy atom. The minimum atomic E-state index is -0.0352. The van der Waals surface area contributed by atoms with Crippen LogP contribution in [0.4, 0.5) is 5.82 Å². The van der Waals surface area contributed by atoms with Gasteiger partial charge in [-0.15, -0.1) is 0 Å². The van der Waals surface area contributed by atoms with Gasteiger partial charge < -0.3 is 15.6 Å². The summed E-state index contributed by atoms with van der Waals surface area (Å²) in [6.07, 6.45) is 5.68. The molecular formula is C12H15N5OS. The Morgan fingerprint density at radius 2 is 2.21 bits per heavy atom. The Kier molecular flexibility index (Phi) is 3.06. The smallest absolute Gasteiger partial charge is 0.259 e. The molecule has 0 radical (unpaired) electrons. The molecule has 3 rings (SSSR count). The largest absolute Gasteiger partial charge is 0.385 e. The number of likely N-dealkylation sites (tertiary alicyclic amines) is 1. The number of anilines is 1. The molecule has 100 valence electrons. The molecule has 19 heavy (non-hydrogen) atoms. The van der Waals surface area contributed by atoms with Gasteiger partial charge in [0.1, 0.15) is 16.9 Å². The Bertz CT molecular complexity index is 632. The van der Waals surface area contributed by atoms with Gasteiger partial charge in [-0.2, -0.15) is 0 Å². The number of thioether (sulfide) groups is 1. The van der Waals surface area contributed by atoms with Crippen molar-refractivity contribution in [3.05, 3.63) is 11.8 Å². The molecule has 2 aromatic heterocycles. The van der Waals surface area contributed by atoms with Gasteiger partial charge >= 0.3 is 0 Å². The molecule has 0 aliphatic carbocycles. The fourth-order valence-electron chi connectivity index (χ4n) is 2.38. The molecule has 3 N–H and O–H groups in total. The maximum Gasteiger partial charge on any atom is 0.259 e. The van der Waals surface area contributed by atoms with Gasteiger partial charge in [0.2, 0.25) is 0 Å². The summed E-state index contributed by atoms with van der Waals surface area (Å²) in [5.74, 6) is 0.339. The standard InChI is InChI=1S/C12H15N5OS/c1-19-12-14-6-7-9(16-12)8(10(13)15-7)11(18)17-4-2-3-5-17/h6,15H,2-5,13H2,1H3. The highest BCUT2D eigenvalue weighted by Gasteiger charge is 2.25. The summed E-state index contributed by atoms with van der Waals surface area (Å²) < 4.78 is 0. The molecule has 1 saturated heterocycles. The zero-order chi connectivity index (χ0) is 13.4. The van der Waals surface area contributed by atoms with Crippen LogP contribution in [-0.2, 0) is 0 Å². The van der Waals surface area contributed by atoms with Gasteiger partial charge in [0.15, 0.2) is 5.16 Å². The van der Waals surface area contributed by atoms with Crippen molar-refractivity contribution < 1.29 is 4.79 Å². The lowest BCUT2D eigenvalue weighted by Crippen LogP contribution is -2.28. The summed E-state index contributed by atoms with van der Waals surface area (Å²) in [5, 5.41) is 0.641. The number of nitrogens with two attached hydrogens (primary N) is 1. The van der Waals surface area contributed by atoms with Gasteiger partial charge in [0.05, 0.1) is 11.7 Å². The predicted octanol–water partition coefficient (Wildman–Crippen LogP) is 1.50. The first-order valence-electron chi connectivity index (χ1n) is 6.18. The van der Waals surface area contributed by atoms with E-state index in [0.717, 1.165) is 25.9 Å². The van der Waals surface area contributed by atoms with E-state index in [1.165, 1.54) is 11.8 Å². The van der Waals surface area contributed by atoms with Gasteiger partial charge in [-0.25, -0.2) is 9.97 Å². The quantitative estimate of drug-likeness (QED) is 0.641. The maximum atomic E-state index is 12.5. The molecule has 1 fully saturated rings. The van der Waals surface area contributed by atoms with Crippen LogP contribution in [0.3, 0.4) is 0 Å². The fourth-order valence-corrected chi connectivity index (χ4v) is 2.72. The third-order valence-corrected chi connectivity index (χ3v) is 3.89. The third kappa shape index (κ3) is 2.03. The lowest BCUT2D eigenvalue weighted by atomic mass is 10.2. The summed E-state index contributed by atoms with van der Waals surface area (Å²) in [7, 11) is 0. The van der Waals surface area contributed by atoms with Crippen molar-refractivity contribution in [2.75, 3.05) is 25.1 Å². The molecule has 1 amide bonds. The number of aromatic nitrogens is 3. The van der Waals surface area contributed by atoms with E-state index in [-0.39, 0.29) is 5.91 Å². The molecule has 3 heterocycles. The first-order valence-corrected chi connectivity index (χ1v) is 7.40. The first-order chi connectivity index (χ1) is 9.20. The number of H-pyrrole nitrogens is 1. The normalized spacial score (nSPS) is 15.3. The second-order valence-electron chi connectivity index (χ2n) is 4.53. The number of nitrogens with zero attached hydrogens (tertiary/aromatic N) is 3. The number of nitrogens with one attached hydrogen (secondary N) is 1. The van der Waals surface area contributed by atoms with Gasteiger partial charge in [-0.1, -0.05) is 11.8 Å². The molecule has 0 aromatic carbocycles. The van der Waals surface area contributed by atoms with Crippen LogP contribution in [0.1, 0.15) is 23.2 Å². The number of carbonyl (C=O) groups excluding carboxylic acids is 1. The lowest BCUT2D eigenvalue weighted by molar-refractivity contribution is 0.0795. The van der Waals surface area contributed by atoms with Crippen LogP contribution in [0.15, 0.2) is 11.4 Å². The number of aromatic amines is 1.